The maximum absolute atomic E-state index is 13.3. The van der Waals surface area contributed by atoms with E-state index in [-0.39, 0.29) is 16.5 Å². The summed E-state index contributed by atoms with van der Waals surface area (Å²) >= 11 is 0. The number of hydrogen-bond donors (Lipinski definition) is 2. The number of aryl methyl sites for hydroxylation is 2. The first kappa shape index (κ1) is 14.2. The first-order valence-corrected chi connectivity index (χ1v) is 7.16. The molecule has 1 heterocycles. The van der Waals surface area contributed by atoms with Crippen LogP contribution in [0.4, 0.5) is 16.0 Å². The first-order valence-electron chi connectivity index (χ1n) is 5.68. The minimum Gasteiger partial charge on any atom is -0.396 e. The zero-order valence-electron chi connectivity index (χ0n) is 10.9. The van der Waals surface area contributed by atoms with Crippen molar-refractivity contribution in [3.8, 4) is 0 Å². The molecule has 1 aromatic carbocycles. The molecular formula is C12H13FN4O2S. The summed E-state index contributed by atoms with van der Waals surface area (Å²) in [4.78, 5) is 7.69. The van der Waals surface area contributed by atoms with E-state index in [0.717, 1.165) is 6.07 Å². The van der Waals surface area contributed by atoms with E-state index >= 15 is 0 Å². The standard InChI is InChI=1S/C12H13FN4O2S/c1-7-5-8(2)16-12(15-7)17-20(18,19)9-3-4-11(14)10(13)6-9/h3-6H,14H2,1-2H3,(H,15,16,17). The van der Waals surface area contributed by atoms with Gasteiger partial charge in [0.1, 0.15) is 5.82 Å². The summed E-state index contributed by atoms with van der Waals surface area (Å²) in [7, 11) is -3.96. The molecular weight excluding hydrogens is 283 g/mol. The highest BCUT2D eigenvalue weighted by molar-refractivity contribution is 7.92. The van der Waals surface area contributed by atoms with Gasteiger partial charge in [-0.3, -0.25) is 0 Å². The normalized spacial score (nSPS) is 11.3. The summed E-state index contributed by atoms with van der Waals surface area (Å²) in [6, 6.07) is 4.96. The fraction of sp³-hybridized carbons (Fsp3) is 0.167. The number of benzene rings is 1. The molecule has 0 aliphatic rings. The highest BCUT2D eigenvalue weighted by atomic mass is 32.2. The lowest BCUT2D eigenvalue weighted by molar-refractivity contribution is 0.596. The Morgan fingerprint density at radius 2 is 1.75 bits per heavy atom. The third-order valence-electron chi connectivity index (χ3n) is 2.49. The van der Waals surface area contributed by atoms with Gasteiger partial charge in [0.15, 0.2) is 0 Å². The van der Waals surface area contributed by atoms with Crippen molar-refractivity contribution in [2.24, 2.45) is 0 Å². The Bertz CT molecular complexity index is 742. The van der Waals surface area contributed by atoms with Crippen LogP contribution in [-0.4, -0.2) is 18.4 Å². The topological polar surface area (TPSA) is 98.0 Å². The van der Waals surface area contributed by atoms with Gasteiger partial charge in [0.05, 0.1) is 10.6 Å². The summed E-state index contributed by atoms with van der Waals surface area (Å²) < 4.78 is 39.7. The fourth-order valence-electron chi connectivity index (χ4n) is 1.63. The van der Waals surface area contributed by atoms with Crippen molar-refractivity contribution in [1.29, 1.82) is 0 Å². The average molecular weight is 296 g/mol. The first-order chi connectivity index (χ1) is 9.28. The van der Waals surface area contributed by atoms with Crippen LogP contribution in [0.1, 0.15) is 11.4 Å². The summed E-state index contributed by atoms with van der Waals surface area (Å²) in [6.07, 6.45) is 0. The number of nitrogens with two attached hydrogens (primary N) is 1. The second kappa shape index (κ2) is 5.04. The number of aromatic nitrogens is 2. The third kappa shape index (κ3) is 3.02. The van der Waals surface area contributed by atoms with Gasteiger partial charge in [-0.1, -0.05) is 0 Å². The second-order valence-electron chi connectivity index (χ2n) is 4.26. The molecule has 0 saturated carbocycles. The van der Waals surface area contributed by atoms with E-state index in [0.29, 0.717) is 11.4 Å². The molecule has 0 fully saturated rings. The molecule has 0 radical (unpaired) electrons. The van der Waals surface area contributed by atoms with Crippen molar-refractivity contribution >= 4 is 21.7 Å². The third-order valence-corrected chi connectivity index (χ3v) is 3.82. The van der Waals surface area contributed by atoms with E-state index in [4.69, 9.17) is 5.73 Å². The van der Waals surface area contributed by atoms with Crippen molar-refractivity contribution in [3.05, 3.63) is 41.5 Å². The van der Waals surface area contributed by atoms with Gasteiger partial charge in [-0.15, -0.1) is 0 Å². The minimum atomic E-state index is -3.96. The number of rotatable bonds is 3. The van der Waals surface area contributed by atoms with Gasteiger partial charge < -0.3 is 5.73 Å². The molecule has 0 atom stereocenters. The maximum atomic E-state index is 13.3. The van der Waals surface area contributed by atoms with Gasteiger partial charge in [-0.05, 0) is 38.1 Å². The van der Waals surface area contributed by atoms with Crippen LogP contribution in [-0.2, 0) is 10.0 Å². The van der Waals surface area contributed by atoms with Gasteiger partial charge >= 0.3 is 0 Å². The van der Waals surface area contributed by atoms with Crippen molar-refractivity contribution in [1.82, 2.24) is 9.97 Å². The van der Waals surface area contributed by atoms with Crippen LogP contribution in [0, 0.1) is 19.7 Å². The molecule has 0 spiro atoms. The number of sulfonamides is 1. The number of hydrogen-bond acceptors (Lipinski definition) is 5. The molecule has 0 bridgehead atoms. The molecule has 20 heavy (non-hydrogen) atoms. The van der Waals surface area contributed by atoms with Crippen LogP contribution in [0.2, 0.25) is 0 Å². The van der Waals surface area contributed by atoms with E-state index < -0.39 is 15.8 Å². The lowest BCUT2D eigenvalue weighted by Gasteiger charge is -2.08. The maximum Gasteiger partial charge on any atom is 0.264 e. The Hall–Kier alpha value is -2.22. The van der Waals surface area contributed by atoms with Crippen LogP contribution in [0.15, 0.2) is 29.2 Å². The highest BCUT2D eigenvalue weighted by Crippen LogP contribution is 2.18. The lowest BCUT2D eigenvalue weighted by atomic mass is 10.3. The van der Waals surface area contributed by atoms with E-state index in [1.807, 2.05) is 0 Å². The smallest absolute Gasteiger partial charge is 0.264 e. The van der Waals surface area contributed by atoms with Gasteiger partial charge in [0.25, 0.3) is 10.0 Å². The van der Waals surface area contributed by atoms with Gasteiger partial charge in [0, 0.05) is 11.4 Å². The molecule has 3 N–H and O–H groups in total. The molecule has 0 aliphatic heterocycles. The number of halogens is 1. The Kier molecular flexibility index (Phi) is 3.58. The molecule has 1 aromatic heterocycles. The Morgan fingerprint density at radius 1 is 1.15 bits per heavy atom. The second-order valence-corrected chi connectivity index (χ2v) is 5.95. The number of nitrogens with zero attached hydrogens (tertiary/aromatic N) is 2. The van der Waals surface area contributed by atoms with Crippen LogP contribution in [0.3, 0.4) is 0 Å². The molecule has 0 saturated heterocycles. The summed E-state index contributed by atoms with van der Waals surface area (Å²) in [6.45, 7) is 3.44. The molecule has 0 aliphatic carbocycles. The molecule has 6 nitrogen and oxygen atoms in total. The van der Waals surface area contributed by atoms with E-state index in [1.165, 1.54) is 12.1 Å². The molecule has 0 amide bonds. The van der Waals surface area contributed by atoms with Crippen LogP contribution in [0.25, 0.3) is 0 Å². The average Bonchev–Trinajstić information content (AvgIpc) is 2.30. The molecule has 2 aromatic rings. The predicted molar refractivity (Wildman–Crippen MR) is 73.1 cm³/mol. The molecule has 106 valence electrons. The number of nitrogens with one attached hydrogen (secondary N) is 1. The minimum absolute atomic E-state index is 0.0558. The summed E-state index contributed by atoms with van der Waals surface area (Å²) in [5.41, 5.74) is 6.44. The van der Waals surface area contributed by atoms with Crippen LogP contribution >= 0.6 is 0 Å². The fourth-order valence-corrected chi connectivity index (χ4v) is 2.58. The lowest BCUT2D eigenvalue weighted by Crippen LogP contribution is -2.16. The highest BCUT2D eigenvalue weighted by Gasteiger charge is 2.17. The molecule has 0 unspecified atom stereocenters. The van der Waals surface area contributed by atoms with Crippen molar-refractivity contribution in [2.45, 2.75) is 18.7 Å². The zero-order chi connectivity index (χ0) is 14.9. The van der Waals surface area contributed by atoms with E-state index in [2.05, 4.69) is 14.7 Å². The van der Waals surface area contributed by atoms with Crippen LogP contribution < -0.4 is 10.5 Å². The Labute approximate surface area is 115 Å². The molecule has 2 rings (SSSR count). The zero-order valence-corrected chi connectivity index (χ0v) is 11.7. The van der Waals surface area contributed by atoms with Crippen molar-refractivity contribution in [2.75, 3.05) is 10.5 Å². The van der Waals surface area contributed by atoms with Crippen molar-refractivity contribution in [3.63, 3.8) is 0 Å². The van der Waals surface area contributed by atoms with E-state index in [1.54, 1.807) is 19.9 Å². The SMILES string of the molecule is Cc1cc(C)nc(NS(=O)(=O)c2ccc(N)c(F)c2)n1. The summed E-state index contributed by atoms with van der Waals surface area (Å²) in [5, 5.41) is 0. The van der Waals surface area contributed by atoms with E-state index in [9.17, 15) is 12.8 Å². The van der Waals surface area contributed by atoms with Gasteiger partial charge in [-0.2, -0.15) is 0 Å². The molecule has 8 heteroatoms. The monoisotopic (exact) mass is 296 g/mol. The van der Waals surface area contributed by atoms with Crippen LogP contribution in [0.5, 0.6) is 0 Å². The van der Waals surface area contributed by atoms with Gasteiger partial charge in [-0.25, -0.2) is 27.5 Å². The quantitative estimate of drug-likeness (QED) is 0.839. The van der Waals surface area contributed by atoms with Gasteiger partial charge in [0.2, 0.25) is 5.95 Å². The summed E-state index contributed by atoms with van der Waals surface area (Å²) in [5.74, 6) is -0.853. The number of nitrogen functional groups attached to an aromatic ring is 1. The predicted octanol–water partition coefficient (Wildman–Crippen LogP) is 1.62. The Balaban J connectivity index is 2.37. The number of anilines is 2. The Morgan fingerprint density at radius 3 is 2.30 bits per heavy atom. The largest absolute Gasteiger partial charge is 0.396 e. The van der Waals surface area contributed by atoms with Crippen molar-refractivity contribution < 1.29 is 12.8 Å².